The second kappa shape index (κ2) is 7.88. The van der Waals surface area contributed by atoms with Crippen LogP contribution in [-0.2, 0) is 4.74 Å². The average Bonchev–Trinajstić information content (AvgIpc) is 2.73. The van der Waals surface area contributed by atoms with Gasteiger partial charge >= 0.3 is 5.97 Å². The number of rotatable bonds is 5. The molecule has 1 heterocycles. The van der Waals surface area contributed by atoms with Crippen molar-refractivity contribution in [2.45, 2.75) is 6.92 Å². The number of nitrogens with one attached hydrogen (secondary N) is 1. The number of hydrogen-bond donors (Lipinski definition) is 2. The van der Waals surface area contributed by atoms with Gasteiger partial charge in [-0.3, -0.25) is 4.98 Å². The number of pyridine rings is 1. The highest BCUT2D eigenvalue weighted by Crippen LogP contribution is 2.34. The average molecular weight is 371 g/mol. The SMILES string of the molecule is C=Cc1ccc(-c2ncccc2-c2cc(C=N)c(N)c(C(=O)OC)c2)cc1C. The monoisotopic (exact) mass is 371 g/mol. The lowest BCUT2D eigenvalue weighted by molar-refractivity contribution is 0.0602. The maximum Gasteiger partial charge on any atom is 0.339 e. The van der Waals surface area contributed by atoms with Crippen molar-refractivity contribution in [2.75, 3.05) is 12.8 Å². The van der Waals surface area contributed by atoms with Crippen LogP contribution in [0.2, 0.25) is 0 Å². The number of benzene rings is 2. The van der Waals surface area contributed by atoms with Crippen molar-refractivity contribution in [3.8, 4) is 22.4 Å². The lowest BCUT2D eigenvalue weighted by atomic mass is 9.94. The maximum absolute atomic E-state index is 12.2. The number of esters is 1. The normalized spacial score (nSPS) is 10.4. The summed E-state index contributed by atoms with van der Waals surface area (Å²) in [6, 6.07) is 13.3. The molecule has 0 bridgehead atoms. The largest absolute Gasteiger partial charge is 0.465 e. The standard InChI is InChI=1S/C23H21N3O2/c1-4-15-7-8-16(10-14(15)2)22-19(6-5-9-26-22)17-11-18(13-24)21(25)20(12-17)23(27)28-3/h4-13,24H,1,25H2,2-3H3. The molecule has 5 nitrogen and oxygen atoms in total. The van der Waals surface area contributed by atoms with E-state index < -0.39 is 5.97 Å². The summed E-state index contributed by atoms with van der Waals surface area (Å²) in [5.41, 5.74) is 12.4. The minimum absolute atomic E-state index is 0.224. The summed E-state index contributed by atoms with van der Waals surface area (Å²) in [6.07, 6.45) is 4.67. The van der Waals surface area contributed by atoms with E-state index in [1.165, 1.54) is 7.11 Å². The van der Waals surface area contributed by atoms with E-state index in [-0.39, 0.29) is 11.3 Å². The fourth-order valence-electron chi connectivity index (χ4n) is 3.15. The minimum Gasteiger partial charge on any atom is -0.465 e. The summed E-state index contributed by atoms with van der Waals surface area (Å²) in [5.74, 6) is -0.543. The first-order valence-corrected chi connectivity index (χ1v) is 8.71. The molecule has 0 fully saturated rings. The zero-order valence-corrected chi connectivity index (χ0v) is 15.8. The molecule has 0 aliphatic rings. The van der Waals surface area contributed by atoms with E-state index in [1.807, 2.05) is 37.3 Å². The molecule has 0 unspecified atom stereocenters. The van der Waals surface area contributed by atoms with Gasteiger partial charge in [-0.15, -0.1) is 0 Å². The number of methoxy groups -OCH3 is 1. The van der Waals surface area contributed by atoms with Crippen LogP contribution in [0.3, 0.4) is 0 Å². The summed E-state index contributed by atoms with van der Waals surface area (Å²) in [4.78, 5) is 16.7. The number of hydrogen-bond acceptors (Lipinski definition) is 5. The zero-order chi connectivity index (χ0) is 20.3. The van der Waals surface area contributed by atoms with E-state index in [2.05, 4.69) is 17.6 Å². The van der Waals surface area contributed by atoms with Gasteiger partial charge in [0, 0.05) is 29.1 Å². The van der Waals surface area contributed by atoms with Gasteiger partial charge in [0.05, 0.1) is 24.1 Å². The molecule has 0 aliphatic carbocycles. The number of anilines is 1. The third-order valence-electron chi connectivity index (χ3n) is 4.65. The molecule has 0 saturated heterocycles. The molecule has 1 aromatic heterocycles. The van der Waals surface area contributed by atoms with Gasteiger partial charge in [0.25, 0.3) is 0 Å². The molecule has 0 atom stereocenters. The van der Waals surface area contributed by atoms with Crippen LogP contribution in [0, 0.1) is 12.3 Å². The van der Waals surface area contributed by atoms with Crippen molar-refractivity contribution < 1.29 is 9.53 Å². The smallest absolute Gasteiger partial charge is 0.339 e. The lowest BCUT2D eigenvalue weighted by Gasteiger charge is -2.14. The van der Waals surface area contributed by atoms with Crippen molar-refractivity contribution in [2.24, 2.45) is 0 Å². The van der Waals surface area contributed by atoms with Gasteiger partial charge in [0.15, 0.2) is 0 Å². The molecular formula is C23H21N3O2. The predicted molar refractivity (Wildman–Crippen MR) is 114 cm³/mol. The van der Waals surface area contributed by atoms with Crippen molar-refractivity contribution in [3.05, 3.63) is 77.5 Å². The van der Waals surface area contributed by atoms with E-state index in [4.69, 9.17) is 15.9 Å². The van der Waals surface area contributed by atoms with Gasteiger partial charge in [-0.1, -0.05) is 30.9 Å². The molecule has 0 saturated carbocycles. The molecular weight excluding hydrogens is 350 g/mol. The van der Waals surface area contributed by atoms with Crippen molar-refractivity contribution in [1.29, 1.82) is 5.41 Å². The number of carbonyl (C=O) groups is 1. The number of carbonyl (C=O) groups excluding carboxylic acids is 1. The highest BCUT2D eigenvalue weighted by atomic mass is 16.5. The summed E-state index contributed by atoms with van der Waals surface area (Å²) in [6.45, 7) is 5.85. The van der Waals surface area contributed by atoms with Crippen molar-refractivity contribution >= 4 is 23.9 Å². The van der Waals surface area contributed by atoms with Gasteiger partial charge in [-0.05, 0) is 47.9 Å². The topological polar surface area (TPSA) is 89.1 Å². The fraction of sp³-hybridized carbons (Fsp3) is 0.0870. The fourth-order valence-corrected chi connectivity index (χ4v) is 3.15. The van der Waals surface area contributed by atoms with Crippen molar-refractivity contribution in [1.82, 2.24) is 4.98 Å². The van der Waals surface area contributed by atoms with Gasteiger partial charge < -0.3 is 15.9 Å². The Morgan fingerprint density at radius 2 is 1.96 bits per heavy atom. The quantitative estimate of drug-likeness (QED) is 0.385. The Hall–Kier alpha value is -3.73. The second-order valence-corrected chi connectivity index (χ2v) is 6.34. The Labute approximate surface area is 164 Å². The summed E-state index contributed by atoms with van der Waals surface area (Å²) in [7, 11) is 1.30. The number of ether oxygens (including phenoxy) is 1. The molecule has 0 aliphatic heterocycles. The van der Waals surface area contributed by atoms with Crippen LogP contribution in [0.25, 0.3) is 28.5 Å². The van der Waals surface area contributed by atoms with E-state index >= 15 is 0 Å². The van der Waals surface area contributed by atoms with Crippen LogP contribution in [0.1, 0.15) is 27.0 Å². The van der Waals surface area contributed by atoms with E-state index in [9.17, 15) is 4.79 Å². The Morgan fingerprint density at radius 1 is 1.18 bits per heavy atom. The first kappa shape index (κ1) is 19.0. The Balaban J connectivity index is 2.24. The zero-order valence-electron chi connectivity index (χ0n) is 15.8. The van der Waals surface area contributed by atoms with Gasteiger partial charge in [-0.25, -0.2) is 4.79 Å². The van der Waals surface area contributed by atoms with E-state index in [0.29, 0.717) is 5.56 Å². The number of nitrogens with zero attached hydrogens (tertiary/aromatic N) is 1. The molecule has 0 spiro atoms. The first-order chi connectivity index (χ1) is 13.5. The Morgan fingerprint density at radius 3 is 2.61 bits per heavy atom. The third kappa shape index (κ3) is 3.42. The summed E-state index contributed by atoms with van der Waals surface area (Å²) >= 11 is 0. The van der Waals surface area contributed by atoms with Crippen LogP contribution in [0.4, 0.5) is 5.69 Å². The number of aromatic nitrogens is 1. The second-order valence-electron chi connectivity index (χ2n) is 6.34. The molecule has 5 heteroatoms. The van der Waals surface area contributed by atoms with Crippen LogP contribution in [-0.4, -0.2) is 24.3 Å². The molecule has 3 rings (SSSR count). The van der Waals surface area contributed by atoms with Gasteiger partial charge in [-0.2, -0.15) is 0 Å². The Bertz CT molecular complexity index is 1090. The predicted octanol–water partition coefficient (Wildman–Crippen LogP) is 4.73. The Kier molecular flexibility index (Phi) is 5.36. The molecule has 140 valence electrons. The lowest BCUT2D eigenvalue weighted by Crippen LogP contribution is -2.08. The van der Waals surface area contributed by atoms with Crippen LogP contribution < -0.4 is 5.73 Å². The van der Waals surface area contributed by atoms with Crippen LogP contribution >= 0.6 is 0 Å². The summed E-state index contributed by atoms with van der Waals surface area (Å²) < 4.78 is 4.84. The first-order valence-electron chi connectivity index (χ1n) is 8.71. The molecule has 28 heavy (non-hydrogen) atoms. The van der Waals surface area contributed by atoms with Crippen LogP contribution in [0.5, 0.6) is 0 Å². The van der Waals surface area contributed by atoms with E-state index in [0.717, 1.165) is 39.7 Å². The van der Waals surface area contributed by atoms with Crippen molar-refractivity contribution in [3.63, 3.8) is 0 Å². The molecule has 0 amide bonds. The summed E-state index contributed by atoms with van der Waals surface area (Å²) in [5, 5.41) is 7.65. The molecule has 0 radical (unpaired) electrons. The molecule has 3 N–H and O–H groups in total. The van der Waals surface area contributed by atoms with Gasteiger partial charge in [0.1, 0.15) is 0 Å². The maximum atomic E-state index is 12.2. The highest BCUT2D eigenvalue weighted by molar-refractivity contribution is 6.02. The molecule has 2 aromatic carbocycles. The number of nitrogens with two attached hydrogens (primary N) is 1. The minimum atomic E-state index is -0.543. The van der Waals surface area contributed by atoms with E-state index in [1.54, 1.807) is 18.3 Å². The highest BCUT2D eigenvalue weighted by Gasteiger charge is 2.17. The third-order valence-corrected chi connectivity index (χ3v) is 4.65. The number of aryl methyl sites for hydroxylation is 1. The molecule has 3 aromatic rings. The van der Waals surface area contributed by atoms with Crippen LogP contribution in [0.15, 0.2) is 55.2 Å². The van der Waals surface area contributed by atoms with Gasteiger partial charge in [0.2, 0.25) is 0 Å². The number of nitrogen functional groups attached to an aromatic ring is 1.